The third-order valence-electron chi connectivity index (χ3n) is 3.06. The van der Waals surface area contributed by atoms with Crippen LogP contribution < -0.4 is 10.5 Å². The van der Waals surface area contributed by atoms with Gasteiger partial charge in [-0.05, 0) is 40.9 Å². The van der Waals surface area contributed by atoms with Crippen LogP contribution in [0.15, 0.2) is 18.3 Å². The molecular formula is C13H23N3O. The molecule has 17 heavy (non-hydrogen) atoms. The highest BCUT2D eigenvalue weighted by atomic mass is 16.5. The zero-order chi connectivity index (χ0) is 13.1. The van der Waals surface area contributed by atoms with E-state index in [-0.39, 0.29) is 11.6 Å². The standard InChI is InChI=1S/C13H23N3O/c1-10(14)11-7-6-8-15-12(11)17-9-13(2,3)16(4)5/h6-8,10H,9,14H2,1-5H3. The lowest BCUT2D eigenvalue weighted by Crippen LogP contribution is -2.43. The molecule has 0 spiro atoms. The summed E-state index contributed by atoms with van der Waals surface area (Å²) in [4.78, 5) is 6.37. The summed E-state index contributed by atoms with van der Waals surface area (Å²) in [6.45, 7) is 6.76. The second-order valence-corrected chi connectivity index (χ2v) is 5.18. The number of nitrogens with zero attached hydrogens (tertiary/aromatic N) is 2. The molecule has 0 saturated carbocycles. The van der Waals surface area contributed by atoms with Gasteiger partial charge in [-0.25, -0.2) is 4.98 Å². The van der Waals surface area contributed by atoms with E-state index >= 15 is 0 Å². The van der Waals surface area contributed by atoms with E-state index in [9.17, 15) is 0 Å². The van der Waals surface area contributed by atoms with Gasteiger partial charge in [0.15, 0.2) is 0 Å². The summed E-state index contributed by atoms with van der Waals surface area (Å²) >= 11 is 0. The van der Waals surface area contributed by atoms with E-state index in [1.807, 2.05) is 33.2 Å². The van der Waals surface area contributed by atoms with Crippen LogP contribution in [0.4, 0.5) is 0 Å². The van der Waals surface area contributed by atoms with Crippen molar-refractivity contribution < 1.29 is 4.74 Å². The number of nitrogens with two attached hydrogens (primary N) is 1. The van der Waals surface area contributed by atoms with E-state index in [1.165, 1.54) is 0 Å². The van der Waals surface area contributed by atoms with Crippen molar-refractivity contribution in [1.29, 1.82) is 0 Å². The molecule has 0 bridgehead atoms. The highest BCUT2D eigenvalue weighted by Crippen LogP contribution is 2.22. The highest BCUT2D eigenvalue weighted by molar-refractivity contribution is 5.28. The van der Waals surface area contributed by atoms with Gasteiger partial charge in [0.2, 0.25) is 5.88 Å². The van der Waals surface area contributed by atoms with Gasteiger partial charge in [-0.15, -0.1) is 0 Å². The zero-order valence-corrected chi connectivity index (χ0v) is 11.4. The van der Waals surface area contributed by atoms with E-state index in [2.05, 4.69) is 23.7 Å². The molecule has 1 atom stereocenters. The molecule has 96 valence electrons. The first-order valence-corrected chi connectivity index (χ1v) is 5.85. The smallest absolute Gasteiger partial charge is 0.218 e. The first-order chi connectivity index (χ1) is 7.84. The molecule has 4 heteroatoms. The first-order valence-electron chi connectivity index (χ1n) is 5.85. The number of rotatable bonds is 5. The van der Waals surface area contributed by atoms with Crippen LogP contribution in [0.1, 0.15) is 32.4 Å². The molecule has 1 aromatic heterocycles. The fraction of sp³-hybridized carbons (Fsp3) is 0.615. The summed E-state index contributed by atoms with van der Waals surface area (Å²) in [5.41, 5.74) is 6.79. The van der Waals surface area contributed by atoms with Crippen LogP contribution in [-0.2, 0) is 0 Å². The summed E-state index contributed by atoms with van der Waals surface area (Å²) in [7, 11) is 4.07. The molecule has 0 saturated heterocycles. The van der Waals surface area contributed by atoms with E-state index in [1.54, 1.807) is 6.20 Å². The molecule has 4 nitrogen and oxygen atoms in total. The van der Waals surface area contributed by atoms with Gasteiger partial charge >= 0.3 is 0 Å². The van der Waals surface area contributed by atoms with Crippen LogP contribution in [0, 0.1) is 0 Å². The number of hydrogen-bond acceptors (Lipinski definition) is 4. The summed E-state index contributed by atoms with van der Waals surface area (Å²) in [6, 6.07) is 3.76. The SMILES string of the molecule is CC(N)c1cccnc1OCC(C)(C)N(C)C. The lowest BCUT2D eigenvalue weighted by Gasteiger charge is -2.32. The first kappa shape index (κ1) is 13.9. The van der Waals surface area contributed by atoms with Gasteiger partial charge in [-0.2, -0.15) is 0 Å². The van der Waals surface area contributed by atoms with Crippen molar-refractivity contribution in [2.24, 2.45) is 5.73 Å². The van der Waals surface area contributed by atoms with Crippen LogP contribution in [0.3, 0.4) is 0 Å². The van der Waals surface area contributed by atoms with Gasteiger partial charge in [0, 0.05) is 23.3 Å². The Morgan fingerprint density at radius 1 is 1.47 bits per heavy atom. The molecule has 1 unspecified atom stereocenters. The van der Waals surface area contributed by atoms with Gasteiger partial charge in [-0.3, -0.25) is 0 Å². The minimum atomic E-state index is -0.0684. The molecule has 0 amide bonds. The number of aromatic nitrogens is 1. The normalized spacial score (nSPS) is 13.8. The van der Waals surface area contributed by atoms with E-state index in [0.29, 0.717) is 12.5 Å². The minimum Gasteiger partial charge on any atom is -0.475 e. The van der Waals surface area contributed by atoms with Crippen LogP contribution in [0.2, 0.25) is 0 Å². The Hall–Kier alpha value is -1.13. The Morgan fingerprint density at radius 3 is 2.65 bits per heavy atom. The molecule has 0 aliphatic heterocycles. The number of ether oxygens (including phenoxy) is 1. The largest absolute Gasteiger partial charge is 0.475 e. The number of pyridine rings is 1. The lowest BCUT2D eigenvalue weighted by atomic mass is 10.1. The van der Waals surface area contributed by atoms with Crippen LogP contribution in [0.25, 0.3) is 0 Å². The van der Waals surface area contributed by atoms with E-state index in [4.69, 9.17) is 10.5 Å². The van der Waals surface area contributed by atoms with Crippen molar-refractivity contribution in [2.75, 3.05) is 20.7 Å². The lowest BCUT2D eigenvalue weighted by molar-refractivity contribution is 0.110. The predicted molar refractivity (Wildman–Crippen MR) is 70.1 cm³/mol. The Kier molecular flexibility index (Phi) is 4.48. The van der Waals surface area contributed by atoms with Crippen LogP contribution >= 0.6 is 0 Å². The molecule has 0 aliphatic rings. The van der Waals surface area contributed by atoms with Crippen LogP contribution in [0.5, 0.6) is 5.88 Å². The predicted octanol–water partition coefficient (Wildman–Crippen LogP) is 1.82. The average Bonchev–Trinajstić information content (AvgIpc) is 2.26. The summed E-state index contributed by atoms with van der Waals surface area (Å²) in [6.07, 6.45) is 1.73. The molecule has 0 radical (unpaired) electrons. The average molecular weight is 237 g/mol. The van der Waals surface area contributed by atoms with E-state index in [0.717, 1.165) is 5.56 Å². The molecule has 0 aromatic carbocycles. The number of likely N-dealkylation sites (N-methyl/N-ethyl adjacent to an activating group) is 1. The third kappa shape index (κ3) is 3.68. The fourth-order valence-electron chi connectivity index (χ4n) is 1.24. The second kappa shape index (κ2) is 5.47. The summed E-state index contributed by atoms with van der Waals surface area (Å²) in [5.74, 6) is 0.637. The number of hydrogen-bond donors (Lipinski definition) is 1. The van der Waals surface area contributed by atoms with Crippen molar-refractivity contribution in [3.63, 3.8) is 0 Å². The monoisotopic (exact) mass is 237 g/mol. The second-order valence-electron chi connectivity index (χ2n) is 5.18. The Morgan fingerprint density at radius 2 is 2.12 bits per heavy atom. The van der Waals surface area contributed by atoms with Gasteiger partial charge < -0.3 is 15.4 Å². The summed E-state index contributed by atoms with van der Waals surface area (Å²) in [5, 5.41) is 0. The Bertz CT molecular complexity index is 361. The van der Waals surface area contributed by atoms with Crippen molar-refractivity contribution in [2.45, 2.75) is 32.4 Å². The van der Waals surface area contributed by atoms with Crippen molar-refractivity contribution in [3.05, 3.63) is 23.9 Å². The quantitative estimate of drug-likeness (QED) is 0.848. The molecule has 1 heterocycles. The van der Waals surface area contributed by atoms with Crippen molar-refractivity contribution in [3.8, 4) is 5.88 Å². The minimum absolute atomic E-state index is 0.0351. The van der Waals surface area contributed by atoms with Crippen molar-refractivity contribution in [1.82, 2.24) is 9.88 Å². The third-order valence-corrected chi connectivity index (χ3v) is 3.06. The van der Waals surface area contributed by atoms with Gasteiger partial charge in [0.25, 0.3) is 0 Å². The highest BCUT2D eigenvalue weighted by Gasteiger charge is 2.22. The molecule has 1 aromatic rings. The summed E-state index contributed by atoms with van der Waals surface area (Å²) < 4.78 is 5.79. The Balaban J connectivity index is 2.76. The van der Waals surface area contributed by atoms with Gasteiger partial charge in [-0.1, -0.05) is 6.07 Å². The molecule has 2 N–H and O–H groups in total. The molecule has 1 rings (SSSR count). The Labute approximate surface area is 104 Å². The molecular weight excluding hydrogens is 214 g/mol. The maximum Gasteiger partial charge on any atom is 0.218 e. The van der Waals surface area contributed by atoms with Gasteiger partial charge in [0.1, 0.15) is 6.61 Å². The van der Waals surface area contributed by atoms with E-state index < -0.39 is 0 Å². The zero-order valence-electron chi connectivity index (χ0n) is 11.4. The topological polar surface area (TPSA) is 51.4 Å². The fourth-order valence-corrected chi connectivity index (χ4v) is 1.24. The van der Waals surface area contributed by atoms with Crippen molar-refractivity contribution >= 4 is 0 Å². The molecule has 0 aliphatic carbocycles. The molecule has 0 fully saturated rings. The maximum atomic E-state index is 5.88. The van der Waals surface area contributed by atoms with Gasteiger partial charge in [0.05, 0.1) is 0 Å². The maximum absolute atomic E-state index is 5.88. The van der Waals surface area contributed by atoms with Crippen LogP contribution in [-0.4, -0.2) is 36.1 Å².